The molecule has 1 aliphatic rings. The number of phenolic OH excluding ortho intramolecular Hbond substituents is 1. The van der Waals surface area contributed by atoms with E-state index in [0.717, 1.165) is 37.4 Å². The van der Waals surface area contributed by atoms with Gasteiger partial charge in [-0.25, -0.2) is 0 Å². The fourth-order valence-corrected chi connectivity index (χ4v) is 4.68. The maximum atomic E-state index is 11.1. The van der Waals surface area contributed by atoms with E-state index in [9.17, 15) is 5.11 Å². The Morgan fingerprint density at radius 1 is 1.00 bits per heavy atom. The van der Waals surface area contributed by atoms with E-state index in [1.54, 1.807) is 11.3 Å². The van der Waals surface area contributed by atoms with Gasteiger partial charge in [0.25, 0.3) is 0 Å². The van der Waals surface area contributed by atoms with Crippen molar-refractivity contribution >= 4 is 11.3 Å². The minimum Gasteiger partial charge on any atom is -0.507 e. The molecule has 148 valence electrons. The first-order chi connectivity index (χ1) is 12.6. The number of nitrogens with zero attached hydrogens (tertiary/aromatic N) is 1. The first kappa shape index (κ1) is 20.4. The first-order valence-electron chi connectivity index (χ1n) is 9.82. The summed E-state index contributed by atoms with van der Waals surface area (Å²) in [6, 6.07) is 9.01. The van der Waals surface area contributed by atoms with Gasteiger partial charge in [-0.3, -0.25) is 4.90 Å². The molecule has 1 aromatic carbocycles. The Hall–Kier alpha value is -1.36. The Labute approximate surface area is 168 Å². The number of morpholine rings is 1. The number of hydrogen-bond acceptors (Lipinski definition) is 4. The van der Waals surface area contributed by atoms with E-state index < -0.39 is 0 Å². The van der Waals surface area contributed by atoms with Crippen molar-refractivity contribution in [3.05, 3.63) is 51.2 Å². The molecular formula is C23H33NO2S. The van der Waals surface area contributed by atoms with Gasteiger partial charge in [-0.2, -0.15) is 0 Å². The van der Waals surface area contributed by atoms with Gasteiger partial charge in [0.05, 0.1) is 19.3 Å². The van der Waals surface area contributed by atoms with Crippen molar-refractivity contribution in [1.82, 2.24) is 4.90 Å². The van der Waals surface area contributed by atoms with Crippen molar-refractivity contribution in [2.45, 2.75) is 58.4 Å². The molecule has 0 amide bonds. The third-order valence-corrected chi connectivity index (χ3v) is 6.21. The fourth-order valence-electron chi connectivity index (χ4n) is 3.80. The number of benzene rings is 1. The molecule has 4 heteroatoms. The van der Waals surface area contributed by atoms with E-state index in [-0.39, 0.29) is 16.9 Å². The lowest BCUT2D eigenvalue weighted by atomic mass is 9.77. The zero-order chi connectivity index (χ0) is 19.8. The minimum absolute atomic E-state index is 0.120. The van der Waals surface area contributed by atoms with Gasteiger partial charge in [0, 0.05) is 18.0 Å². The lowest BCUT2D eigenvalue weighted by molar-refractivity contribution is 0.0245. The second-order valence-corrected chi connectivity index (χ2v) is 10.5. The number of rotatable bonds is 3. The van der Waals surface area contributed by atoms with Gasteiger partial charge in [0.2, 0.25) is 0 Å². The average Bonchev–Trinajstić information content (AvgIpc) is 3.09. The van der Waals surface area contributed by atoms with E-state index in [4.69, 9.17) is 4.74 Å². The Balaban J connectivity index is 2.19. The molecule has 1 atom stereocenters. The van der Waals surface area contributed by atoms with E-state index >= 15 is 0 Å². The molecule has 27 heavy (non-hydrogen) atoms. The standard InChI is InChI=1S/C23H33NO2S/c1-22(2,3)17-14-16(15-18(21(17)25)23(4,5)6)20(19-8-7-13-27-19)24-9-11-26-12-10-24/h7-8,13-15,20,25H,9-12H2,1-6H3/t20-/m1/s1. The summed E-state index contributed by atoms with van der Waals surface area (Å²) in [5.74, 6) is 0.450. The molecule has 2 heterocycles. The molecule has 0 aliphatic carbocycles. The second-order valence-electron chi connectivity index (χ2n) is 9.53. The zero-order valence-electron chi connectivity index (χ0n) is 17.5. The van der Waals surface area contributed by atoms with E-state index in [0.29, 0.717) is 5.75 Å². The number of thiophene rings is 1. The molecular weight excluding hydrogens is 354 g/mol. The maximum absolute atomic E-state index is 11.1. The normalized spacial score (nSPS) is 17.9. The smallest absolute Gasteiger partial charge is 0.123 e. The highest BCUT2D eigenvalue weighted by atomic mass is 32.1. The van der Waals surface area contributed by atoms with Gasteiger partial charge in [0.1, 0.15) is 5.75 Å². The van der Waals surface area contributed by atoms with Crippen LogP contribution in [0.5, 0.6) is 5.75 Å². The third-order valence-electron chi connectivity index (χ3n) is 5.29. The van der Waals surface area contributed by atoms with Crippen LogP contribution in [0.2, 0.25) is 0 Å². The lowest BCUT2D eigenvalue weighted by Crippen LogP contribution is -2.39. The summed E-state index contributed by atoms with van der Waals surface area (Å²) in [6.07, 6.45) is 0. The molecule has 1 aromatic heterocycles. The number of phenols is 1. The zero-order valence-corrected chi connectivity index (χ0v) is 18.3. The van der Waals surface area contributed by atoms with Crippen LogP contribution < -0.4 is 0 Å². The lowest BCUT2D eigenvalue weighted by Gasteiger charge is -2.36. The highest BCUT2D eigenvalue weighted by molar-refractivity contribution is 7.10. The minimum atomic E-state index is -0.120. The molecule has 2 aromatic rings. The molecule has 1 N–H and O–H groups in total. The van der Waals surface area contributed by atoms with Crippen molar-refractivity contribution < 1.29 is 9.84 Å². The summed E-state index contributed by atoms with van der Waals surface area (Å²) < 4.78 is 5.60. The van der Waals surface area contributed by atoms with Crippen LogP contribution in [-0.2, 0) is 15.6 Å². The molecule has 0 unspecified atom stereocenters. The van der Waals surface area contributed by atoms with Crippen LogP contribution in [0.25, 0.3) is 0 Å². The van der Waals surface area contributed by atoms with Crippen LogP contribution in [0.15, 0.2) is 29.6 Å². The van der Waals surface area contributed by atoms with E-state index in [1.807, 2.05) is 0 Å². The monoisotopic (exact) mass is 387 g/mol. The molecule has 1 saturated heterocycles. The van der Waals surface area contributed by atoms with Crippen LogP contribution in [0.1, 0.15) is 69.2 Å². The summed E-state index contributed by atoms with van der Waals surface area (Å²) in [5.41, 5.74) is 3.09. The number of hydrogen-bond donors (Lipinski definition) is 1. The van der Waals surface area contributed by atoms with Crippen molar-refractivity contribution in [2.24, 2.45) is 0 Å². The molecule has 0 spiro atoms. The first-order valence-corrected chi connectivity index (χ1v) is 10.7. The van der Waals surface area contributed by atoms with Crippen LogP contribution >= 0.6 is 11.3 Å². The molecule has 0 bridgehead atoms. The fraction of sp³-hybridized carbons (Fsp3) is 0.565. The van der Waals surface area contributed by atoms with Gasteiger partial charge < -0.3 is 9.84 Å². The van der Waals surface area contributed by atoms with Crippen molar-refractivity contribution in [1.29, 1.82) is 0 Å². The molecule has 0 radical (unpaired) electrons. The third kappa shape index (κ3) is 4.39. The van der Waals surface area contributed by atoms with Gasteiger partial charge in [-0.1, -0.05) is 47.6 Å². The average molecular weight is 388 g/mol. The Kier molecular flexibility index (Phi) is 5.72. The van der Waals surface area contributed by atoms with Gasteiger partial charge >= 0.3 is 0 Å². The van der Waals surface area contributed by atoms with Crippen molar-refractivity contribution in [2.75, 3.05) is 26.3 Å². The summed E-state index contributed by atoms with van der Waals surface area (Å²) in [7, 11) is 0. The maximum Gasteiger partial charge on any atom is 0.123 e. The summed E-state index contributed by atoms with van der Waals surface area (Å²) in [5, 5.41) is 13.2. The van der Waals surface area contributed by atoms with Crippen molar-refractivity contribution in [3.8, 4) is 5.75 Å². The largest absolute Gasteiger partial charge is 0.507 e. The van der Waals surface area contributed by atoms with Crippen molar-refractivity contribution in [3.63, 3.8) is 0 Å². The van der Waals surface area contributed by atoms with Gasteiger partial charge in [-0.05, 0) is 51.1 Å². The SMILES string of the molecule is CC(C)(C)c1cc([C@H](c2cccs2)N2CCOCC2)cc(C(C)(C)C)c1O. The predicted molar refractivity (Wildman–Crippen MR) is 114 cm³/mol. The van der Waals surface area contributed by atoms with Crippen LogP contribution in [0.4, 0.5) is 0 Å². The Bertz CT molecular complexity index is 728. The topological polar surface area (TPSA) is 32.7 Å². The molecule has 0 saturated carbocycles. The highest BCUT2D eigenvalue weighted by Gasteiger charge is 2.31. The van der Waals surface area contributed by atoms with Gasteiger partial charge in [0.15, 0.2) is 0 Å². The predicted octanol–water partition coefficient (Wildman–Crippen LogP) is 5.47. The highest BCUT2D eigenvalue weighted by Crippen LogP contribution is 2.43. The Morgan fingerprint density at radius 2 is 1.56 bits per heavy atom. The quantitative estimate of drug-likeness (QED) is 0.758. The Morgan fingerprint density at radius 3 is 2.00 bits per heavy atom. The number of ether oxygens (including phenoxy) is 1. The molecule has 1 fully saturated rings. The molecule has 1 aliphatic heterocycles. The van der Waals surface area contributed by atoms with Crippen LogP contribution in [0.3, 0.4) is 0 Å². The van der Waals surface area contributed by atoms with Crippen LogP contribution in [0, 0.1) is 0 Å². The van der Waals surface area contributed by atoms with Crippen LogP contribution in [-0.4, -0.2) is 36.3 Å². The second kappa shape index (κ2) is 7.57. The summed E-state index contributed by atoms with van der Waals surface area (Å²) >= 11 is 1.81. The number of aromatic hydroxyl groups is 1. The van der Waals surface area contributed by atoms with Gasteiger partial charge in [-0.15, -0.1) is 11.3 Å². The summed E-state index contributed by atoms with van der Waals surface area (Å²) in [4.78, 5) is 3.86. The molecule has 3 nitrogen and oxygen atoms in total. The summed E-state index contributed by atoms with van der Waals surface area (Å²) in [6.45, 7) is 16.5. The van der Waals surface area contributed by atoms with E-state index in [1.165, 1.54) is 10.4 Å². The van der Waals surface area contributed by atoms with E-state index in [2.05, 4.69) is 76.1 Å². The molecule has 3 rings (SSSR count).